The Morgan fingerprint density at radius 1 is 1.30 bits per heavy atom. The van der Waals surface area contributed by atoms with Crippen molar-refractivity contribution in [3.63, 3.8) is 0 Å². The molecule has 27 heavy (non-hydrogen) atoms. The summed E-state index contributed by atoms with van der Waals surface area (Å²) in [7, 11) is -17.5. The number of anilines is 1. The van der Waals surface area contributed by atoms with Gasteiger partial charge in [-0.2, -0.15) is 4.98 Å². The third kappa shape index (κ3) is 7.16. The molecule has 3 unspecified atom stereocenters. The minimum Gasteiger partial charge on any atom is -0.756 e. The van der Waals surface area contributed by atoms with Crippen LogP contribution in [0.1, 0.15) is 6.23 Å². The summed E-state index contributed by atoms with van der Waals surface area (Å²) in [6.45, 7) is -1.13. The molecule has 0 bridgehead atoms. The van der Waals surface area contributed by atoms with Gasteiger partial charge in [-0.1, -0.05) is 0 Å². The zero-order valence-electron chi connectivity index (χ0n) is 12.9. The van der Waals surface area contributed by atoms with Gasteiger partial charge in [-0.25, -0.2) is 13.4 Å². The highest BCUT2D eigenvalue weighted by Gasteiger charge is 2.31. The molecular weight excluding hydrogens is 439 g/mol. The summed E-state index contributed by atoms with van der Waals surface area (Å²) < 4.78 is 54.7. The molecule has 154 valence electrons. The number of ether oxygens (including phenoxy) is 2. The van der Waals surface area contributed by atoms with Gasteiger partial charge in [0.2, 0.25) is 0 Å². The quantitative estimate of drug-likeness (QED) is 0.378. The Bertz CT molecular complexity index is 882. The van der Waals surface area contributed by atoms with E-state index in [2.05, 4.69) is 18.1 Å². The van der Waals surface area contributed by atoms with Crippen molar-refractivity contribution in [2.75, 3.05) is 18.9 Å². The molecule has 1 aliphatic rings. The molecule has 19 heteroatoms. The molecule has 1 aromatic heterocycles. The lowest BCUT2D eigenvalue weighted by atomic mass is 10.5. The van der Waals surface area contributed by atoms with Gasteiger partial charge in [0.25, 0.3) is 23.5 Å². The summed E-state index contributed by atoms with van der Waals surface area (Å²) in [4.78, 5) is 56.1. The zero-order chi connectivity index (χ0) is 20.5. The SMILES string of the molecule is Nc1ccn([C@H]2CO[C@@H](COP(=O)([O-])OP(=O)([O-])OP(=O)([O-])O)O2)c(=O)n1. The molecular formula is C8H11N3O13P3-3. The zero-order valence-corrected chi connectivity index (χ0v) is 15.6. The average molecular weight is 450 g/mol. The highest BCUT2D eigenvalue weighted by molar-refractivity contribution is 7.65. The van der Waals surface area contributed by atoms with Gasteiger partial charge >= 0.3 is 5.69 Å². The van der Waals surface area contributed by atoms with Crippen molar-refractivity contribution < 1.29 is 55.9 Å². The van der Waals surface area contributed by atoms with E-state index in [-0.39, 0.29) is 12.4 Å². The molecule has 0 aromatic carbocycles. The maximum Gasteiger partial charge on any atom is 0.351 e. The van der Waals surface area contributed by atoms with Crippen LogP contribution in [-0.2, 0) is 36.3 Å². The molecule has 1 saturated heterocycles. The number of nitrogens with two attached hydrogens (primary N) is 1. The molecule has 0 aliphatic carbocycles. The monoisotopic (exact) mass is 450 g/mol. The second-order valence-corrected chi connectivity index (χ2v) is 9.01. The Hall–Kier alpha value is -0.990. The smallest absolute Gasteiger partial charge is 0.351 e. The fourth-order valence-corrected chi connectivity index (χ4v) is 4.63. The third-order valence-electron chi connectivity index (χ3n) is 2.67. The first-order valence-corrected chi connectivity index (χ1v) is 11.0. The highest BCUT2D eigenvalue weighted by Crippen LogP contribution is 2.61. The number of phosphoric ester groups is 1. The van der Waals surface area contributed by atoms with Crippen LogP contribution in [0.15, 0.2) is 17.1 Å². The summed E-state index contributed by atoms with van der Waals surface area (Å²) in [5.74, 6) is -0.0331. The van der Waals surface area contributed by atoms with Crippen molar-refractivity contribution in [1.29, 1.82) is 0 Å². The largest absolute Gasteiger partial charge is 0.756 e. The van der Waals surface area contributed by atoms with E-state index in [4.69, 9.17) is 20.1 Å². The molecule has 1 aromatic rings. The normalized spacial score (nSPS) is 26.8. The molecule has 16 nitrogen and oxygen atoms in total. The maximum atomic E-state index is 11.7. The second-order valence-electron chi connectivity index (χ2n) is 4.72. The second kappa shape index (κ2) is 8.17. The first-order chi connectivity index (χ1) is 12.3. The summed E-state index contributed by atoms with van der Waals surface area (Å²) in [6.07, 6.45) is -1.11. The van der Waals surface area contributed by atoms with E-state index in [1.54, 1.807) is 0 Å². The Morgan fingerprint density at radius 3 is 2.56 bits per heavy atom. The summed E-state index contributed by atoms with van der Waals surface area (Å²) in [5.41, 5.74) is 4.56. The number of hydrogen-bond acceptors (Lipinski definition) is 14. The lowest BCUT2D eigenvalue weighted by molar-refractivity contribution is -0.251. The molecule has 0 radical (unpaired) electrons. The van der Waals surface area contributed by atoms with Crippen molar-refractivity contribution in [2.24, 2.45) is 0 Å². The summed E-state index contributed by atoms with van der Waals surface area (Å²) in [5, 5.41) is 0. The molecule has 1 aliphatic heterocycles. The third-order valence-corrected chi connectivity index (χ3v) is 6.36. The molecule has 0 amide bonds. The van der Waals surface area contributed by atoms with Crippen LogP contribution >= 0.6 is 23.5 Å². The van der Waals surface area contributed by atoms with Gasteiger partial charge in [-0.05, 0) is 6.07 Å². The average Bonchev–Trinajstić information content (AvgIpc) is 2.90. The number of hydrogen-bond donors (Lipinski definition) is 2. The van der Waals surface area contributed by atoms with Gasteiger partial charge < -0.3 is 39.3 Å². The Labute approximate surface area is 149 Å². The molecule has 2 heterocycles. The Morgan fingerprint density at radius 2 is 1.96 bits per heavy atom. The van der Waals surface area contributed by atoms with E-state index < -0.39 is 48.3 Å². The van der Waals surface area contributed by atoms with Gasteiger partial charge in [-0.3, -0.25) is 18.3 Å². The minimum atomic E-state index is -5.99. The van der Waals surface area contributed by atoms with E-state index in [1.165, 1.54) is 12.3 Å². The topological polar surface area (TPSA) is 248 Å². The Kier molecular flexibility index (Phi) is 6.75. The van der Waals surface area contributed by atoms with Crippen LogP contribution in [-0.4, -0.2) is 33.9 Å². The predicted molar refractivity (Wildman–Crippen MR) is 75.9 cm³/mol. The van der Waals surface area contributed by atoms with E-state index in [0.29, 0.717) is 0 Å². The first kappa shape index (κ1) is 22.3. The fraction of sp³-hybridized carbons (Fsp3) is 0.500. The van der Waals surface area contributed by atoms with Crippen LogP contribution in [0.4, 0.5) is 5.82 Å². The predicted octanol–water partition coefficient (Wildman–Crippen LogP) is -2.86. The lowest BCUT2D eigenvalue weighted by Crippen LogP contribution is -2.29. The van der Waals surface area contributed by atoms with Crippen molar-refractivity contribution in [3.8, 4) is 0 Å². The van der Waals surface area contributed by atoms with Crippen LogP contribution < -0.4 is 26.1 Å². The number of rotatable bonds is 8. The number of aromatic nitrogens is 2. The standard InChI is InChI=1S/C8H14N3O13P3/c9-5-1-2-11(8(12)10-5)6-3-20-7(22-6)4-21-26(16,17)24-27(18,19)23-25(13,14)15/h1-2,6-7H,3-4H2,(H,16,17)(H,18,19)(H2,9,10,12)(H2,13,14,15)/p-3/t6-,7-/m1/s1. The van der Waals surface area contributed by atoms with Crippen LogP contribution in [0.5, 0.6) is 0 Å². The van der Waals surface area contributed by atoms with Crippen molar-refractivity contribution >= 4 is 29.3 Å². The van der Waals surface area contributed by atoms with E-state index in [1.807, 2.05) is 0 Å². The van der Waals surface area contributed by atoms with Gasteiger partial charge in [0, 0.05) is 6.20 Å². The molecule has 1 fully saturated rings. The van der Waals surface area contributed by atoms with Gasteiger partial charge in [0.1, 0.15) is 12.4 Å². The minimum absolute atomic E-state index is 0.0331. The summed E-state index contributed by atoms with van der Waals surface area (Å²) >= 11 is 0. The molecule has 3 N–H and O–H groups in total. The highest BCUT2D eigenvalue weighted by atomic mass is 31.3. The van der Waals surface area contributed by atoms with Crippen LogP contribution in [0.25, 0.3) is 0 Å². The molecule has 2 rings (SSSR count). The van der Waals surface area contributed by atoms with E-state index >= 15 is 0 Å². The van der Waals surface area contributed by atoms with Gasteiger partial charge in [-0.15, -0.1) is 0 Å². The van der Waals surface area contributed by atoms with Crippen LogP contribution in [0, 0.1) is 0 Å². The summed E-state index contributed by atoms with van der Waals surface area (Å²) in [6, 6.07) is 1.30. The van der Waals surface area contributed by atoms with E-state index in [9.17, 15) is 33.2 Å². The lowest BCUT2D eigenvalue weighted by Gasteiger charge is -2.32. The number of nitrogen functional groups attached to an aromatic ring is 1. The Balaban J connectivity index is 1.91. The van der Waals surface area contributed by atoms with Gasteiger partial charge in [0.05, 0.1) is 6.61 Å². The van der Waals surface area contributed by atoms with Crippen molar-refractivity contribution in [2.45, 2.75) is 12.5 Å². The maximum absolute atomic E-state index is 11.7. The van der Waals surface area contributed by atoms with Crippen molar-refractivity contribution in [1.82, 2.24) is 9.55 Å². The van der Waals surface area contributed by atoms with Crippen molar-refractivity contribution in [3.05, 3.63) is 22.7 Å². The first-order valence-electron chi connectivity index (χ1n) is 6.61. The van der Waals surface area contributed by atoms with Crippen LogP contribution in [0.3, 0.4) is 0 Å². The number of phosphoric acid groups is 3. The molecule has 5 atom stereocenters. The van der Waals surface area contributed by atoms with Crippen LogP contribution in [0.2, 0.25) is 0 Å². The fourth-order valence-electron chi connectivity index (χ4n) is 1.76. The van der Waals surface area contributed by atoms with E-state index in [0.717, 1.165) is 4.57 Å². The molecule has 0 saturated carbocycles. The number of nitrogens with zero attached hydrogens (tertiary/aromatic N) is 2. The van der Waals surface area contributed by atoms with Gasteiger partial charge in [0.15, 0.2) is 12.5 Å². The molecule has 0 spiro atoms.